The number of carbonyl (C=O) groups is 1. The van der Waals surface area contributed by atoms with Gasteiger partial charge in [-0.2, -0.15) is 0 Å². The molecule has 4 aromatic rings. The van der Waals surface area contributed by atoms with E-state index in [1.807, 2.05) is 0 Å². The maximum atomic E-state index is 12.6. The highest BCUT2D eigenvalue weighted by atomic mass is 35.5. The van der Waals surface area contributed by atoms with E-state index in [4.69, 9.17) is 11.6 Å². The van der Waals surface area contributed by atoms with Crippen molar-refractivity contribution in [2.24, 2.45) is 0 Å². The van der Waals surface area contributed by atoms with Crippen molar-refractivity contribution in [1.29, 1.82) is 0 Å². The van der Waals surface area contributed by atoms with E-state index in [-0.39, 0.29) is 17.1 Å². The van der Waals surface area contributed by atoms with Crippen LogP contribution in [0.15, 0.2) is 85.2 Å². The molecule has 1 fully saturated rings. The van der Waals surface area contributed by atoms with Crippen molar-refractivity contribution < 1.29 is 27.4 Å². The van der Waals surface area contributed by atoms with Gasteiger partial charge in [-0.25, -0.2) is 4.79 Å². The number of aliphatic carboxylic acids is 1. The third kappa shape index (κ3) is 4.86. The van der Waals surface area contributed by atoms with Gasteiger partial charge in [0.25, 0.3) is 0 Å². The molecule has 1 saturated carbocycles. The SMILES string of the molecule is O=C(O)C1(N(c2ccc(-c3ccc(Cl)cc3)s2)S(=O)[O-])CC1c1cccc(N(c2cccnc2)S(=O)[O-])c1. The second-order valence-corrected chi connectivity index (χ2v) is 11.6. The summed E-state index contributed by atoms with van der Waals surface area (Å²) in [4.78, 5) is 17.3. The number of rotatable bonds is 9. The van der Waals surface area contributed by atoms with Crippen LogP contribution in [-0.4, -0.2) is 39.1 Å². The number of benzene rings is 2. The van der Waals surface area contributed by atoms with Gasteiger partial charge < -0.3 is 14.2 Å². The number of carboxylic acid groups (broad SMARTS) is 1. The van der Waals surface area contributed by atoms with Gasteiger partial charge >= 0.3 is 5.97 Å². The fourth-order valence-corrected chi connectivity index (χ4v) is 7.20. The lowest BCUT2D eigenvalue weighted by Gasteiger charge is -2.32. The van der Waals surface area contributed by atoms with Crippen molar-refractivity contribution in [2.75, 3.05) is 8.61 Å². The Labute approximate surface area is 232 Å². The van der Waals surface area contributed by atoms with Gasteiger partial charge in [0, 0.05) is 33.3 Å². The summed E-state index contributed by atoms with van der Waals surface area (Å²) in [7, 11) is 0. The molecule has 0 aliphatic heterocycles. The summed E-state index contributed by atoms with van der Waals surface area (Å²) in [6, 6.07) is 19.9. The quantitative estimate of drug-likeness (QED) is 0.272. The van der Waals surface area contributed by atoms with Gasteiger partial charge in [-0.3, -0.25) is 22.0 Å². The van der Waals surface area contributed by atoms with Crippen LogP contribution in [0.3, 0.4) is 0 Å². The van der Waals surface area contributed by atoms with E-state index in [1.165, 1.54) is 12.4 Å². The van der Waals surface area contributed by atoms with Gasteiger partial charge in [0.05, 0.1) is 28.8 Å². The Bertz CT molecular complexity index is 1530. The number of anilines is 3. The van der Waals surface area contributed by atoms with Crippen LogP contribution < -0.4 is 8.61 Å². The van der Waals surface area contributed by atoms with Crippen molar-refractivity contribution in [3.8, 4) is 10.4 Å². The van der Waals surface area contributed by atoms with Crippen LogP contribution in [0.2, 0.25) is 5.02 Å². The van der Waals surface area contributed by atoms with E-state index < -0.39 is 40.0 Å². The van der Waals surface area contributed by atoms with E-state index in [2.05, 4.69) is 4.98 Å². The Morgan fingerprint density at radius 1 is 1.03 bits per heavy atom. The second-order valence-electron chi connectivity index (χ2n) is 8.46. The monoisotopic (exact) mass is 587 g/mol. The highest BCUT2D eigenvalue weighted by Crippen LogP contribution is 2.58. The standard InChI is InChI=1S/C25H20ClN3O6S3/c26-18-8-6-16(7-9-18)22-10-11-23(36-22)29(38(34)35)25(24(30)31)14-21(25)17-3-1-4-19(13-17)28(37(32)33)20-5-2-12-27-15-20/h1-13,15,21H,14H2,(H,30,31)(H,32,33)(H,34,35)/p-2. The van der Waals surface area contributed by atoms with Crippen LogP contribution in [0.25, 0.3) is 10.4 Å². The molecule has 4 unspecified atom stereocenters. The topological polar surface area (TPSA) is 137 Å². The van der Waals surface area contributed by atoms with Gasteiger partial charge in [-0.1, -0.05) is 35.9 Å². The van der Waals surface area contributed by atoms with E-state index in [0.717, 1.165) is 30.4 Å². The molecule has 0 saturated heterocycles. The summed E-state index contributed by atoms with van der Waals surface area (Å²) in [6.07, 6.45) is 2.91. The summed E-state index contributed by atoms with van der Waals surface area (Å²) >= 11 is 1.53. The van der Waals surface area contributed by atoms with E-state index >= 15 is 0 Å². The van der Waals surface area contributed by atoms with E-state index in [1.54, 1.807) is 72.8 Å². The smallest absolute Gasteiger partial charge is 0.331 e. The average Bonchev–Trinajstić information content (AvgIpc) is 3.46. The molecule has 2 aromatic heterocycles. The summed E-state index contributed by atoms with van der Waals surface area (Å²) < 4.78 is 51.0. The molecule has 2 aromatic carbocycles. The van der Waals surface area contributed by atoms with Crippen LogP contribution in [0.4, 0.5) is 16.4 Å². The van der Waals surface area contributed by atoms with Crippen LogP contribution in [0.5, 0.6) is 0 Å². The molecule has 4 atom stereocenters. The largest absolute Gasteiger partial charge is 0.755 e. The highest BCUT2D eigenvalue weighted by molar-refractivity contribution is 7.81. The molecule has 5 rings (SSSR count). The predicted octanol–water partition coefficient (Wildman–Crippen LogP) is 5.01. The normalized spacial score (nSPS) is 19.9. The third-order valence-electron chi connectivity index (χ3n) is 6.27. The first-order valence-corrected chi connectivity index (χ1v) is 14.4. The fraction of sp³-hybridized carbons (Fsp3) is 0.120. The zero-order valence-corrected chi connectivity index (χ0v) is 22.5. The first kappa shape index (κ1) is 26.5. The van der Waals surface area contributed by atoms with Crippen LogP contribution in [0.1, 0.15) is 17.9 Å². The van der Waals surface area contributed by atoms with Crippen LogP contribution in [-0.2, 0) is 27.3 Å². The summed E-state index contributed by atoms with van der Waals surface area (Å²) in [5, 5.41) is 11.1. The molecule has 0 radical (unpaired) electrons. The zero-order chi connectivity index (χ0) is 27.0. The minimum Gasteiger partial charge on any atom is -0.755 e. The lowest BCUT2D eigenvalue weighted by atomic mass is 10.1. The van der Waals surface area contributed by atoms with Crippen molar-refractivity contribution in [1.82, 2.24) is 4.98 Å². The maximum Gasteiger partial charge on any atom is 0.331 e. The Kier molecular flexibility index (Phi) is 7.36. The van der Waals surface area contributed by atoms with Crippen LogP contribution in [0, 0.1) is 0 Å². The molecule has 196 valence electrons. The third-order valence-corrected chi connectivity index (χ3v) is 9.30. The molecule has 38 heavy (non-hydrogen) atoms. The summed E-state index contributed by atoms with van der Waals surface area (Å²) in [6.45, 7) is 0. The average molecular weight is 588 g/mol. The summed E-state index contributed by atoms with van der Waals surface area (Å²) in [5.41, 5.74) is 0.116. The van der Waals surface area contributed by atoms with Gasteiger partial charge in [0.15, 0.2) is 5.54 Å². The number of hydrogen-bond acceptors (Lipinski definition) is 7. The number of carboxylic acids is 1. The van der Waals surface area contributed by atoms with Crippen molar-refractivity contribution in [3.63, 3.8) is 0 Å². The van der Waals surface area contributed by atoms with E-state index in [0.29, 0.717) is 16.3 Å². The molecule has 0 spiro atoms. The van der Waals surface area contributed by atoms with Crippen molar-refractivity contribution in [2.45, 2.75) is 17.9 Å². The molecular formula is C25H18ClN3O6S3-2. The fourth-order valence-electron chi connectivity index (χ4n) is 4.47. The number of nitrogens with zero attached hydrogens (tertiary/aromatic N) is 3. The Morgan fingerprint density at radius 2 is 1.76 bits per heavy atom. The number of halogens is 1. The van der Waals surface area contributed by atoms with Gasteiger partial charge in [0.2, 0.25) is 0 Å². The Balaban J connectivity index is 1.51. The number of pyridine rings is 1. The second kappa shape index (κ2) is 10.6. The van der Waals surface area contributed by atoms with Gasteiger partial charge in [0.1, 0.15) is 5.00 Å². The van der Waals surface area contributed by atoms with Crippen molar-refractivity contribution in [3.05, 3.63) is 95.8 Å². The first-order chi connectivity index (χ1) is 18.2. The summed E-state index contributed by atoms with van der Waals surface area (Å²) in [5.74, 6) is -2.01. The molecule has 0 amide bonds. The van der Waals surface area contributed by atoms with Gasteiger partial charge in [-0.15, -0.1) is 11.3 Å². The molecular weight excluding hydrogens is 570 g/mol. The van der Waals surface area contributed by atoms with E-state index in [9.17, 15) is 27.4 Å². The highest BCUT2D eigenvalue weighted by Gasteiger charge is 2.66. The Hall–Kier alpha value is -3.13. The lowest BCUT2D eigenvalue weighted by Crippen LogP contribution is -2.46. The molecule has 1 aliphatic carbocycles. The molecule has 2 heterocycles. The lowest BCUT2D eigenvalue weighted by molar-refractivity contribution is -0.139. The minimum absolute atomic E-state index is 0.0152. The molecule has 1 N–H and O–H groups in total. The molecule has 1 aliphatic rings. The Morgan fingerprint density at radius 3 is 2.39 bits per heavy atom. The zero-order valence-electron chi connectivity index (χ0n) is 19.3. The van der Waals surface area contributed by atoms with Gasteiger partial charge in [-0.05, 0) is 66.1 Å². The van der Waals surface area contributed by atoms with Crippen molar-refractivity contribution >= 4 is 67.8 Å². The number of hydrogen-bond donors (Lipinski definition) is 1. The number of thiophene rings is 1. The number of aromatic nitrogens is 1. The minimum atomic E-state index is -2.90. The molecule has 13 heteroatoms. The van der Waals surface area contributed by atoms with Crippen LogP contribution >= 0.6 is 22.9 Å². The molecule has 9 nitrogen and oxygen atoms in total. The first-order valence-electron chi connectivity index (χ1n) is 11.1. The molecule has 0 bridgehead atoms. The predicted molar refractivity (Wildman–Crippen MR) is 146 cm³/mol. The maximum absolute atomic E-state index is 12.6.